The first-order valence-electron chi connectivity index (χ1n) is 5.99. The molecule has 1 aromatic heterocycles. The quantitative estimate of drug-likeness (QED) is 0.831. The summed E-state index contributed by atoms with van der Waals surface area (Å²) < 4.78 is 5.59. The van der Waals surface area contributed by atoms with E-state index in [2.05, 4.69) is 10.6 Å². The molecule has 0 aliphatic carbocycles. The molecule has 0 aromatic carbocycles. The highest BCUT2D eigenvalue weighted by Crippen LogP contribution is 2.13. The molecule has 0 saturated carbocycles. The number of nitrogens with one attached hydrogen (secondary N) is 2. The fourth-order valence-corrected chi connectivity index (χ4v) is 1.94. The van der Waals surface area contributed by atoms with E-state index >= 15 is 0 Å². The summed E-state index contributed by atoms with van der Waals surface area (Å²) in [6.45, 7) is 6.77. The molecule has 0 bridgehead atoms. The highest BCUT2D eigenvalue weighted by molar-refractivity contribution is 7.97. The second-order valence-electron chi connectivity index (χ2n) is 5.20. The largest absolute Gasteiger partial charge is 0.464 e. The number of carbonyl (C=O) groups excluding carboxylic acids is 1. The van der Waals surface area contributed by atoms with E-state index in [0.29, 0.717) is 13.1 Å². The van der Waals surface area contributed by atoms with Crippen LogP contribution in [0.2, 0.25) is 0 Å². The zero-order chi connectivity index (χ0) is 13.6. The van der Waals surface area contributed by atoms with Gasteiger partial charge in [0.2, 0.25) is 5.91 Å². The normalized spacial score (nSPS) is 11.6. The van der Waals surface area contributed by atoms with Crippen LogP contribution in [0.15, 0.2) is 16.5 Å². The Morgan fingerprint density at radius 3 is 2.61 bits per heavy atom. The van der Waals surface area contributed by atoms with Crippen molar-refractivity contribution in [3.63, 3.8) is 0 Å². The third-order valence-corrected chi connectivity index (χ3v) is 2.68. The van der Waals surface area contributed by atoms with Crippen molar-refractivity contribution in [2.45, 2.75) is 38.6 Å². The molecule has 102 valence electrons. The Morgan fingerprint density at radius 1 is 1.33 bits per heavy atom. The Bertz CT molecular complexity index is 383. The SMILES string of the molecule is CSCc1ccc(CNCC(=O)NC(C)(C)C)o1. The van der Waals surface area contributed by atoms with Gasteiger partial charge in [0.05, 0.1) is 18.8 Å². The summed E-state index contributed by atoms with van der Waals surface area (Å²) in [5.74, 6) is 2.71. The van der Waals surface area contributed by atoms with Gasteiger partial charge in [-0.3, -0.25) is 4.79 Å². The van der Waals surface area contributed by atoms with Crippen LogP contribution >= 0.6 is 11.8 Å². The minimum Gasteiger partial charge on any atom is -0.464 e. The van der Waals surface area contributed by atoms with Gasteiger partial charge in [0.1, 0.15) is 11.5 Å². The predicted molar refractivity (Wildman–Crippen MR) is 75.5 cm³/mol. The summed E-state index contributed by atoms with van der Waals surface area (Å²) in [7, 11) is 0. The molecule has 0 radical (unpaired) electrons. The highest BCUT2D eigenvalue weighted by atomic mass is 32.2. The number of rotatable bonds is 6. The van der Waals surface area contributed by atoms with Crippen molar-refractivity contribution in [2.75, 3.05) is 12.8 Å². The van der Waals surface area contributed by atoms with E-state index in [0.717, 1.165) is 17.3 Å². The summed E-state index contributed by atoms with van der Waals surface area (Å²) >= 11 is 1.72. The second kappa shape index (κ2) is 6.85. The maximum absolute atomic E-state index is 11.5. The smallest absolute Gasteiger partial charge is 0.234 e. The minimum atomic E-state index is -0.186. The van der Waals surface area contributed by atoms with Crippen LogP contribution in [-0.2, 0) is 17.1 Å². The molecule has 0 fully saturated rings. The lowest BCUT2D eigenvalue weighted by Gasteiger charge is -2.20. The van der Waals surface area contributed by atoms with Gasteiger partial charge in [0, 0.05) is 5.54 Å². The van der Waals surface area contributed by atoms with Crippen molar-refractivity contribution in [3.05, 3.63) is 23.7 Å². The van der Waals surface area contributed by atoms with Gasteiger partial charge in [-0.2, -0.15) is 11.8 Å². The Kier molecular flexibility index (Phi) is 5.75. The first-order valence-corrected chi connectivity index (χ1v) is 7.38. The van der Waals surface area contributed by atoms with Gasteiger partial charge in [-0.05, 0) is 39.2 Å². The monoisotopic (exact) mass is 270 g/mol. The van der Waals surface area contributed by atoms with Crippen molar-refractivity contribution < 1.29 is 9.21 Å². The molecular formula is C13H22N2O2S. The van der Waals surface area contributed by atoms with Crippen molar-refractivity contribution >= 4 is 17.7 Å². The number of hydrogen-bond acceptors (Lipinski definition) is 4. The average Bonchev–Trinajstić information content (AvgIpc) is 2.63. The minimum absolute atomic E-state index is 0.00149. The lowest BCUT2D eigenvalue weighted by molar-refractivity contribution is -0.121. The lowest BCUT2D eigenvalue weighted by atomic mass is 10.1. The second-order valence-corrected chi connectivity index (χ2v) is 6.07. The maximum Gasteiger partial charge on any atom is 0.234 e. The summed E-state index contributed by atoms with van der Waals surface area (Å²) in [4.78, 5) is 11.5. The highest BCUT2D eigenvalue weighted by Gasteiger charge is 2.13. The third-order valence-electron chi connectivity index (χ3n) is 2.10. The lowest BCUT2D eigenvalue weighted by Crippen LogP contribution is -2.44. The van der Waals surface area contributed by atoms with Crippen LogP contribution in [0.25, 0.3) is 0 Å². The van der Waals surface area contributed by atoms with Crippen LogP contribution in [0.3, 0.4) is 0 Å². The van der Waals surface area contributed by atoms with Gasteiger partial charge in [-0.25, -0.2) is 0 Å². The van der Waals surface area contributed by atoms with Crippen LogP contribution in [0.5, 0.6) is 0 Å². The molecular weight excluding hydrogens is 248 g/mol. The van der Waals surface area contributed by atoms with Gasteiger partial charge in [0.25, 0.3) is 0 Å². The van der Waals surface area contributed by atoms with Crippen LogP contribution < -0.4 is 10.6 Å². The Hall–Kier alpha value is -0.940. The van der Waals surface area contributed by atoms with Gasteiger partial charge >= 0.3 is 0 Å². The van der Waals surface area contributed by atoms with Crippen LogP contribution in [0.1, 0.15) is 32.3 Å². The van der Waals surface area contributed by atoms with Crippen molar-refractivity contribution in [1.29, 1.82) is 0 Å². The predicted octanol–water partition coefficient (Wildman–Crippen LogP) is 2.15. The van der Waals surface area contributed by atoms with Crippen LogP contribution in [-0.4, -0.2) is 24.2 Å². The van der Waals surface area contributed by atoms with Gasteiger partial charge in [-0.15, -0.1) is 0 Å². The van der Waals surface area contributed by atoms with Crippen LogP contribution in [0.4, 0.5) is 0 Å². The fourth-order valence-electron chi connectivity index (χ4n) is 1.50. The molecule has 0 aliphatic rings. The number of hydrogen-bond donors (Lipinski definition) is 2. The molecule has 0 spiro atoms. The number of carbonyl (C=O) groups is 1. The third kappa shape index (κ3) is 6.12. The van der Waals surface area contributed by atoms with E-state index in [1.807, 2.05) is 39.2 Å². The molecule has 2 N–H and O–H groups in total. The summed E-state index contributed by atoms with van der Waals surface area (Å²) in [5, 5.41) is 5.96. The maximum atomic E-state index is 11.5. The topological polar surface area (TPSA) is 54.3 Å². The van der Waals surface area contributed by atoms with Gasteiger partial charge < -0.3 is 15.1 Å². The summed E-state index contributed by atoms with van der Waals surface area (Å²) in [5.41, 5.74) is -0.186. The van der Waals surface area contributed by atoms with Crippen LogP contribution in [0, 0.1) is 0 Å². The molecule has 0 saturated heterocycles. The molecule has 5 heteroatoms. The van der Waals surface area contributed by atoms with Crippen molar-refractivity contribution in [2.24, 2.45) is 0 Å². The van der Waals surface area contributed by atoms with E-state index in [4.69, 9.17) is 4.42 Å². The number of furan rings is 1. The molecule has 0 atom stereocenters. The van der Waals surface area contributed by atoms with E-state index in [-0.39, 0.29) is 11.4 Å². The van der Waals surface area contributed by atoms with Gasteiger partial charge in [-0.1, -0.05) is 0 Å². The molecule has 0 aliphatic heterocycles. The van der Waals surface area contributed by atoms with Crippen molar-refractivity contribution in [1.82, 2.24) is 10.6 Å². The Labute approximate surface area is 113 Å². The Morgan fingerprint density at radius 2 is 2.00 bits per heavy atom. The first-order chi connectivity index (χ1) is 8.40. The average molecular weight is 270 g/mol. The summed E-state index contributed by atoms with van der Waals surface area (Å²) in [6, 6.07) is 3.92. The fraction of sp³-hybridized carbons (Fsp3) is 0.615. The van der Waals surface area contributed by atoms with E-state index in [1.165, 1.54) is 0 Å². The Balaban J connectivity index is 2.26. The van der Waals surface area contributed by atoms with E-state index in [9.17, 15) is 4.79 Å². The molecule has 4 nitrogen and oxygen atoms in total. The molecule has 1 heterocycles. The molecule has 1 aromatic rings. The van der Waals surface area contributed by atoms with Gasteiger partial charge in [0.15, 0.2) is 0 Å². The summed E-state index contributed by atoms with van der Waals surface area (Å²) in [6.07, 6.45) is 2.04. The van der Waals surface area contributed by atoms with Crippen molar-refractivity contribution in [3.8, 4) is 0 Å². The molecule has 0 unspecified atom stereocenters. The van der Waals surface area contributed by atoms with E-state index in [1.54, 1.807) is 11.8 Å². The standard InChI is InChI=1S/C13H22N2O2S/c1-13(2,3)15-12(16)8-14-7-10-5-6-11(17-10)9-18-4/h5-6,14H,7-9H2,1-4H3,(H,15,16). The zero-order valence-corrected chi connectivity index (χ0v) is 12.3. The molecule has 18 heavy (non-hydrogen) atoms. The molecule has 1 rings (SSSR count). The first kappa shape index (κ1) is 15.1. The number of amides is 1. The van der Waals surface area contributed by atoms with E-state index < -0.39 is 0 Å². The molecule has 1 amide bonds. The number of thioether (sulfide) groups is 1. The zero-order valence-electron chi connectivity index (χ0n) is 11.5.